The third kappa shape index (κ3) is 4.33. The van der Waals surface area contributed by atoms with Crippen LogP contribution in [0.5, 0.6) is 0 Å². The summed E-state index contributed by atoms with van der Waals surface area (Å²) in [6.45, 7) is 2.14. The monoisotopic (exact) mass is 352 g/mol. The molecule has 0 amide bonds. The Balaban J connectivity index is 1.62. The van der Waals surface area contributed by atoms with Gasteiger partial charge < -0.3 is 20.1 Å². The van der Waals surface area contributed by atoms with Crippen LogP contribution in [0.4, 0.5) is 0 Å². The predicted octanol–water partition coefficient (Wildman–Crippen LogP) is 2.12. The Kier molecular flexibility index (Phi) is 5.99. The number of aliphatic hydroxyl groups is 3. The number of fused-ring (bicyclic) bond motifs is 2. The highest BCUT2D eigenvalue weighted by Crippen LogP contribution is 2.44. The van der Waals surface area contributed by atoms with Crippen molar-refractivity contribution in [3.05, 3.63) is 11.6 Å². The second-order valence-electron chi connectivity index (χ2n) is 8.33. The van der Waals surface area contributed by atoms with Crippen molar-refractivity contribution < 1.29 is 24.9 Å². The van der Waals surface area contributed by atoms with E-state index in [1.54, 1.807) is 0 Å². The third-order valence-electron chi connectivity index (χ3n) is 6.62. The zero-order chi connectivity index (χ0) is 18.0. The standard InChI is InChI=1S/C20H32O5/c1-2-20(7-6-13-4-3-5-14(8-13)11-20)25-12-18(23)15-9-16(21)19(24)17(22)10-15/h9,13-14,16-17,19,21-22,24H,2-8,10-12H2,1H3/t13-,14-,16?,17?,19?,20-/m0/s1. The second kappa shape index (κ2) is 7.87. The van der Waals surface area contributed by atoms with E-state index in [-0.39, 0.29) is 24.4 Å². The Labute approximate surface area is 150 Å². The largest absolute Gasteiger partial charge is 0.390 e. The van der Waals surface area contributed by atoms with Crippen molar-refractivity contribution in [3.63, 3.8) is 0 Å². The van der Waals surface area contributed by atoms with Crippen LogP contribution in [0, 0.1) is 11.8 Å². The van der Waals surface area contributed by atoms with Crippen LogP contribution >= 0.6 is 0 Å². The summed E-state index contributed by atoms with van der Waals surface area (Å²) in [5.74, 6) is 1.34. The van der Waals surface area contributed by atoms with E-state index in [0.29, 0.717) is 11.5 Å². The number of Topliss-reactive ketones (excluding diaryl/α,β-unsaturated/α-hetero) is 1. The van der Waals surface area contributed by atoms with Crippen LogP contribution in [0.1, 0.15) is 64.7 Å². The first-order chi connectivity index (χ1) is 11.9. The Hall–Kier alpha value is -0.750. The fraction of sp³-hybridized carbons (Fsp3) is 0.850. The number of carbonyl (C=O) groups is 1. The van der Waals surface area contributed by atoms with Crippen LogP contribution in [0.25, 0.3) is 0 Å². The molecule has 6 atom stereocenters. The van der Waals surface area contributed by atoms with Crippen LogP contribution in [-0.4, -0.2) is 51.6 Å². The van der Waals surface area contributed by atoms with Gasteiger partial charge in [0.15, 0.2) is 5.78 Å². The van der Waals surface area contributed by atoms with Gasteiger partial charge in [0.2, 0.25) is 0 Å². The van der Waals surface area contributed by atoms with Crippen molar-refractivity contribution in [1.29, 1.82) is 0 Å². The molecule has 0 aromatic rings. The molecule has 5 heteroatoms. The molecular formula is C20H32O5. The summed E-state index contributed by atoms with van der Waals surface area (Å²) in [6.07, 6.45) is 7.30. The first-order valence-corrected chi connectivity index (χ1v) is 9.84. The summed E-state index contributed by atoms with van der Waals surface area (Å²) in [4.78, 5) is 12.5. The van der Waals surface area contributed by atoms with Gasteiger partial charge in [-0.15, -0.1) is 0 Å². The van der Waals surface area contributed by atoms with E-state index < -0.39 is 18.3 Å². The molecular weight excluding hydrogens is 320 g/mol. The van der Waals surface area contributed by atoms with Gasteiger partial charge in [-0.3, -0.25) is 4.79 Å². The maximum Gasteiger partial charge on any atom is 0.184 e. The molecule has 142 valence electrons. The van der Waals surface area contributed by atoms with E-state index in [9.17, 15) is 20.1 Å². The zero-order valence-electron chi connectivity index (χ0n) is 15.2. The van der Waals surface area contributed by atoms with Crippen LogP contribution in [-0.2, 0) is 9.53 Å². The molecule has 0 heterocycles. The first-order valence-electron chi connectivity index (χ1n) is 9.84. The van der Waals surface area contributed by atoms with Gasteiger partial charge in [-0.2, -0.15) is 0 Å². The Morgan fingerprint density at radius 3 is 2.72 bits per heavy atom. The number of ether oxygens (including phenoxy) is 1. The number of hydrogen-bond acceptors (Lipinski definition) is 5. The van der Waals surface area contributed by atoms with E-state index >= 15 is 0 Å². The topological polar surface area (TPSA) is 87.0 Å². The summed E-state index contributed by atoms with van der Waals surface area (Å²) < 4.78 is 6.20. The molecule has 0 aromatic heterocycles. The van der Waals surface area contributed by atoms with E-state index in [0.717, 1.165) is 25.2 Å². The fourth-order valence-corrected chi connectivity index (χ4v) is 4.96. The maximum atomic E-state index is 12.5. The van der Waals surface area contributed by atoms with Crippen molar-refractivity contribution in [2.45, 2.75) is 88.6 Å². The quantitative estimate of drug-likeness (QED) is 0.705. The molecule has 0 saturated heterocycles. The van der Waals surface area contributed by atoms with Gasteiger partial charge in [0, 0.05) is 6.42 Å². The van der Waals surface area contributed by atoms with Crippen molar-refractivity contribution in [2.24, 2.45) is 11.8 Å². The van der Waals surface area contributed by atoms with Crippen molar-refractivity contribution in [2.75, 3.05) is 6.61 Å². The molecule has 0 aliphatic heterocycles. The highest BCUT2D eigenvalue weighted by molar-refractivity contribution is 5.96. The number of carbonyl (C=O) groups excluding carboxylic acids is 1. The summed E-state index contributed by atoms with van der Waals surface area (Å²) in [5, 5.41) is 29.1. The van der Waals surface area contributed by atoms with E-state index in [2.05, 4.69) is 6.92 Å². The summed E-state index contributed by atoms with van der Waals surface area (Å²) in [5.41, 5.74) is 0.148. The second-order valence-corrected chi connectivity index (χ2v) is 8.33. The van der Waals surface area contributed by atoms with Gasteiger partial charge in [0.1, 0.15) is 18.8 Å². The molecule has 5 nitrogen and oxygen atoms in total. The van der Waals surface area contributed by atoms with Crippen LogP contribution in [0.15, 0.2) is 11.6 Å². The lowest BCUT2D eigenvalue weighted by atomic mass is 9.79. The number of aliphatic hydroxyl groups excluding tert-OH is 3. The van der Waals surface area contributed by atoms with Gasteiger partial charge in [-0.25, -0.2) is 0 Å². The van der Waals surface area contributed by atoms with Crippen molar-refractivity contribution in [3.8, 4) is 0 Å². The van der Waals surface area contributed by atoms with Gasteiger partial charge in [-0.05, 0) is 55.6 Å². The fourth-order valence-electron chi connectivity index (χ4n) is 4.96. The van der Waals surface area contributed by atoms with E-state index in [4.69, 9.17) is 4.74 Å². The predicted molar refractivity (Wildman–Crippen MR) is 94.0 cm³/mol. The molecule has 2 saturated carbocycles. The first kappa shape index (κ1) is 19.0. The van der Waals surface area contributed by atoms with Gasteiger partial charge in [0.05, 0.1) is 11.7 Å². The molecule has 3 unspecified atom stereocenters. The molecule has 0 radical (unpaired) electrons. The highest BCUT2D eigenvalue weighted by Gasteiger charge is 2.39. The van der Waals surface area contributed by atoms with Crippen LogP contribution < -0.4 is 0 Å². The lowest BCUT2D eigenvalue weighted by molar-refractivity contribution is -0.131. The van der Waals surface area contributed by atoms with Crippen LogP contribution in [0.3, 0.4) is 0 Å². The molecule has 3 rings (SSSR count). The van der Waals surface area contributed by atoms with Gasteiger partial charge in [-0.1, -0.05) is 26.2 Å². The zero-order valence-corrected chi connectivity index (χ0v) is 15.2. The Morgan fingerprint density at radius 2 is 2.00 bits per heavy atom. The average molecular weight is 352 g/mol. The molecule has 0 aromatic carbocycles. The summed E-state index contributed by atoms with van der Waals surface area (Å²) in [7, 11) is 0. The smallest absolute Gasteiger partial charge is 0.184 e. The van der Waals surface area contributed by atoms with Crippen molar-refractivity contribution in [1.82, 2.24) is 0 Å². The molecule has 2 bridgehead atoms. The summed E-state index contributed by atoms with van der Waals surface area (Å²) in [6, 6.07) is 0. The number of rotatable bonds is 5. The van der Waals surface area contributed by atoms with Gasteiger partial charge in [0.25, 0.3) is 0 Å². The SMILES string of the molecule is CC[C@]1(OCC(=O)C2=CC(O)C(O)C(O)C2)CC[C@@H]2CCC[C@@H](C2)C1. The lowest BCUT2D eigenvalue weighted by Crippen LogP contribution is -2.42. The normalized spacial score (nSPS) is 41.8. The van der Waals surface area contributed by atoms with E-state index in [1.807, 2.05) is 0 Å². The third-order valence-corrected chi connectivity index (χ3v) is 6.62. The Morgan fingerprint density at radius 1 is 1.24 bits per heavy atom. The lowest BCUT2D eigenvalue weighted by Gasteiger charge is -2.35. The minimum atomic E-state index is -1.22. The minimum absolute atomic E-state index is 0.00735. The molecule has 3 aliphatic carbocycles. The number of hydrogen-bond donors (Lipinski definition) is 3. The van der Waals surface area contributed by atoms with Crippen molar-refractivity contribution >= 4 is 5.78 Å². The molecule has 2 fully saturated rings. The maximum absolute atomic E-state index is 12.5. The van der Waals surface area contributed by atoms with Crippen LogP contribution in [0.2, 0.25) is 0 Å². The molecule has 0 spiro atoms. The highest BCUT2D eigenvalue weighted by atomic mass is 16.5. The minimum Gasteiger partial charge on any atom is -0.390 e. The Bertz CT molecular complexity index is 516. The average Bonchev–Trinajstić information content (AvgIpc) is 2.73. The summed E-state index contributed by atoms with van der Waals surface area (Å²) >= 11 is 0. The number of ketones is 1. The van der Waals surface area contributed by atoms with E-state index in [1.165, 1.54) is 38.2 Å². The van der Waals surface area contributed by atoms with Gasteiger partial charge >= 0.3 is 0 Å². The molecule has 3 N–H and O–H groups in total. The molecule has 25 heavy (non-hydrogen) atoms. The molecule has 3 aliphatic rings.